The highest BCUT2D eigenvalue weighted by molar-refractivity contribution is 5.93. The molecule has 0 radical (unpaired) electrons. The molecule has 0 aliphatic carbocycles. The number of amides is 1. The van der Waals surface area contributed by atoms with Gasteiger partial charge in [-0.1, -0.05) is 0 Å². The maximum Gasteiger partial charge on any atom is 0.253 e. The van der Waals surface area contributed by atoms with E-state index >= 15 is 0 Å². The predicted molar refractivity (Wildman–Crippen MR) is 83.5 cm³/mol. The van der Waals surface area contributed by atoms with Crippen LogP contribution in [-0.2, 0) is 11.3 Å². The molecule has 0 unspecified atom stereocenters. The topological polar surface area (TPSA) is 99.4 Å². The molecule has 0 atom stereocenters. The van der Waals surface area contributed by atoms with Crippen LogP contribution < -0.4 is 10.1 Å². The molecule has 0 bridgehead atoms. The minimum absolute atomic E-state index is 0.182. The molecule has 1 N–H and O–H groups in total. The van der Waals surface area contributed by atoms with Crippen LogP contribution in [0.4, 0.5) is 0 Å². The Morgan fingerprint density at radius 1 is 1.33 bits per heavy atom. The van der Waals surface area contributed by atoms with Crippen LogP contribution in [0.25, 0.3) is 0 Å². The van der Waals surface area contributed by atoms with Crippen LogP contribution >= 0.6 is 0 Å². The Morgan fingerprint density at radius 2 is 2.17 bits per heavy atom. The number of hydrogen-bond donors (Lipinski definition) is 1. The average molecular weight is 332 g/mol. The first-order valence-corrected chi connectivity index (χ1v) is 7.94. The summed E-state index contributed by atoms with van der Waals surface area (Å²) in [4.78, 5) is 16.2. The molecule has 1 fully saturated rings. The Morgan fingerprint density at radius 3 is 2.83 bits per heavy atom. The lowest BCUT2D eigenvalue weighted by molar-refractivity contribution is 0.0490. The van der Waals surface area contributed by atoms with Crippen molar-refractivity contribution in [3.63, 3.8) is 0 Å². The third-order valence-corrected chi connectivity index (χ3v) is 3.77. The number of pyridine rings is 1. The maximum atomic E-state index is 12.0. The summed E-state index contributed by atoms with van der Waals surface area (Å²) in [6.07, 6.45) is 3.51. The summed E-state index contributed by atoms with van der Waals surface area (Å²) < 4.78 is 16.2. The number of ether oxygens (including phenoxy) is 2. The number of aryl methyl sites for hydroxylation is 1. The first-order valence-electron chi connectivity index (χ1n) is 7.94. The van der Waals surface area contributed by atoms with Crippen molar-refractivity contribution in [1.29, 1.82) is 0 Å². The van der Waals surface area contributed by atoms with E-state index in [1.165, 1.54) is 6.20 Å². The lowest BCUT2D eigenvalue weighted by Gasteiger charge is -2.21. The highest BCUT2D eigenvalue weighted by atomic mass is 16.5. The molecular weight excluding hydrogens is 312 g/mol. The van der Waals surface area contributed by atoms with Crippen LogP contribution in [-0.4, -0.2) is 40.9 Å². The summed E-state index contributed by atoms with van der Waals surface area (Å²) in [5, 5.41) is 10.2. The monoisotopic (exact) mass is 332 g/mol. The smallest absolute Gasteiger partial charge is 0.253 e. The maximum absolute atomic E-state index is 12.0. The molecule has 128 valence electrons. The van der Waals surface area contributed by atoms with Gasteiger partial charge in [0.05, 0.1) is 18.7 Å². The Labute approximate surface area is 139 Å². The fourth-order valence-corrected chi connectivity index (χ4v) is 2.38. The zero-order chi connectivity index (χ0) is 16.8. The van der Waals surface area contributed by atoms with Crippen molar-refractivity contribution in [2.24, 2.45) is 5.92 Å². The fourth-order valence-electron chi connectivity index (χ4n) is 2.38. The summed E-state index contributed by atoms with van der Waals surface area (Å²) in [6.45, 7) is 4.08. The van der Waals surface area contributed by atoms with Crippen LogP contribution in [0, 0.1) is 12.8 Å². The second-order valence-corrected chi connectivity index (χ2v) is 5.65. The standard InChI is InChI=1S/C16H20N4O4/c1-11-19-20-15(24-11)9-18-16(21)13-2-3-14(17-8-13)23-10-12-4-6-22-7-5-12/h2-3,8,12H,4-7,9-10H2,1H3,(H,18,21). The number of nitrogens with one attached hydrogen (secondary N) is 1. The summed E-state index contributed by atoms with van der Waals surface area (Å²) in [5.74, 6) is 1.60. The zero-order valence-electron chi connectivity index (χ0n) is 13.5. The van der Waals surface area contributed by atoms with Crippen molar-refractivity contribution in [3.8, 4) is 5.88 Å². The molecule has 0 spiro atoms. The van der Waals surface area contributed by atoms with Crippen LogP contribution in [0.5, 0.6) is 5.88 Å². The summed E-state index contributed by atoms with van der Waals surface area (Å²) >= 11 is 0. The second kappa shape index (κ2) is 7.87. The quantitative estimate of drug-likeness (QED) is 0.856. The van der Waals surface area contributed by atoms with Gasteiger partial charge in [0, 0.05) is 32.4 Å². The molecule has 2 aromatic rings. The first-order chi connectivity index (χ1) is 11.7. The van der Waals surface area contributed by atoms with E-state index in [-0.39, 0.29) is 12.5 Å². The van der Waals surface area contributed by atoms with E-state index in [4.69, 9.17) is 13.9 Å². The second-order valence-electron chi connectivity index (χ2n) is 5.65. The molecule has 3 heterocycles. The summed E-state index contributed by atoms with van der Waals surface area (Å²) in [7, 11) is 0. The minimum Gasteiger partial charge on any atom is -0.477 e. The molecule has 8 heteroatoms. The van der Waals surface area contributed by atoms with Gasteiger partial charge in [0.25, 0.3) is 5.91 Å². The number of carbonyl (C=O) groups is 1. The molecular formula is C16H20N4O4. The zero-order valence-corrected chi connectivity index (χ0v) is 13.5. The number of nitrogens with zero attached hydrogens (tertiary/aromatic N) is 3. The molecule has 3 rings (SSSR count). The van der Waals surface area contributed by atoms with E-state index in [2.05, 4.69) is 20.5 Å². The van der Waals surface area contributed by atoms with Gasteiger partial charge in [0.1, 0.15) is 0 Å². The Kier molecular flexibility index (Phi) is 5.37. The average Bonchev–Trinajstić information content (AvgIpc) is 3.04. The van der Waals surface area contributed by atoms with Crippen LogP contribution in [0.3, 0.4) is 0 Å². The van der Waals surface area contributed by atoms with Gasteiger partial charge in [-0.15, -0.1) is 10.2 Å². The fraction of sp³-hybridized carbons (Fsp3) is 0.500. The molecule has 2 aromatic heterocycles. The third-order valence-electron chi connectivity index (χ3n) is 3.77. The van der Waals surface area contributed by atoms with Gasteiger partial charge in [0.15, 0.2) is 0 Å². The van der Waals surface area contributed by atoms with Crippen LogP contribution in [0.15, 0.2) is 22.7 Å². The molecule has 24 heavy (non-hydrogen) atoms. The van der Waals surface area contributed by atoms with Gasteiger partial charge in [0.2, 0.25) is 17.7 Å². The molecule has 0 saturated carbocycles. The highest BCUT2D eigenvalue weighted by Crippen LogP contribution is 2.16. The largest absolute Gasteiger partial charge is 0.477 e. The summed E-state index contributed by atoms with van der Waals surface area (Å²) in [5.41, 5.74) is 0.449. The molecule has 1 aliphatic heterocycles. The first kappa shape index (κ1) is 16.4. The number of aromatic nitrogens is 3. The van der Waals surface area contributed by atoms with Gasteiger partial charge < -0.3 is 19.2 Å². The van der Waals surface area contributed by atoms with Gasteiger partial charge >= 0.3 is 0 Å². The van der Waals surface area contributed by atoms with Crippen LogP contribution in [0.2, 0.25) is 0 Å². The van der Waals surface area contributed by atoms with Crippen molar-refractivity contribution in [3.05, 3.63) is 35.7 Å². The van der Waals surface area contributed by atoms with Gasteiger partial charge in [-0.05, 0) is 24.8 Å². The van der Waals surface area contributed by atoms with E-state index in [0.29, 0.717) is 35.7 Å². The Bertz CT molecular complexity index is 665. The molecule has 1 amide bonds. The molecule has 8 nitrogen and oxygen atoms in total. The van der Waals surface area contributed by atoms with E-state index in [0.717, 1.165) is 26.1 Å². The van der Waals surface area contributed by atoms with E-state index < -0.39 is 0 Å². The van der Waals surface area contributed by atoms with Crippen molar-refractivity contribution >= 4 is 5.91 Å². The van der Waals surface area contributed by atoms with Crippen molar-refractivity contribution in [2.45, 2.75) is 26.3 Å². The molecule has 1 saturated heterocycles. The normalized spacial score (nSPS) is 15.2. The van der Waals surface area contributed by atoms with Gasteiger partial charge in [-0.2, -0.15) is 0 Å². The van der Waals surface area contributed by atoms with Gasteiger partial charge in [-0.25, -0.2) is 4.98 Å². The van der Waals surface area contributed by atoms with E-state index in [1.807, 2.05) is 0 Å². The SMILES string of the molecule is Cc1nnc(CNC(=O)c2ccc(OCC3CCOCC3)nc2)o1. The van der Waals surface area contributed by atoms with Crippen molar-refractivity contribution in [2.75, 3.05) is 19.8 Å². The Balaban J connectivity index is 1.47. The molecule has 1 aliphatic rings. The lowest BCUT2D eigenvalue weighted by Crippen LogP contribution is -2.23. The predicted octanol–water partition coefficient (Wildman–Crippen LogP) is 1.51. The molecule has 0 aromatic carbocycles. The minimum atomic E-state index is -0.255. The lowest BCUT2D eigenvalue weighted by atomic mass is 10.0. The van der Waals surface area contributed by atoms with Crippen molar-refractivity contribution in [1.82, 2.24) is 20.5 Å². The number of hydrogen-bond acceptors (Lipinski definition) is 7. The van der Waals surface area contributed by atoms with E-state index in [9.17, 15) is 4.79 Å². The van der Waals surface area contributed by atoms with Crippen molar-refractivity contribution < 1.29 is 18.7 Å². The van der Waals surface area contributed by atoms with Crippen LogP contribution in [0.1, 0.15) is 35.0 Å². The van der Waals surface area contributed by atoms with Gasteiger partial charge in [-0.3, -0.25) is 4.79 Å². The number of rotatable bonds is 6. The summed E-state index contributed by atoms with van der Waals surface area (Å²) in [6, 6.07) is 3.38. The Hall–Kier alpha value is -2.48. The number of carbonyl (C=O) groups excluding carboxylic acids is 1. The highest BCUT2D eigenvalue weighted by Gasteiger charge is 2.15. The van der Waals surface area contributed by atoms with E-state index in [1.54, 1.807) is 19.1 Å². The third kappa shape index (κ3) is 4.51.